The molecule has 1 aromatic carbocycles. The molecule has 0 bridgehead atoms. The third-order valence-electron chi connectivity index (χ3n) is 8.13. The number of esters is 1. The van der Waals surface area contributed by atoms with E-state index in [-0.39, 0.29) is 47.8 Å². The lowest BCUT2D eigenvalue weighted by Gasteiger charge is -2.47. The Labute approximate surface area is 211 Å². The number of fused-ring (bicyclic) bond motifs is 2. The lowest BCUT2D eigenvalue weighted by molar-refractivity contribution is -0.144. The number of pyridine rings is 1. The van der Waals surface area contributed by atoms with Crippen molar-refractivity contribution in [2.24, 2.45) is 29.6 Å². The zero-order chi connectivity index (χ0) is 25.2. The van der Waals surface area contributed by atoms with Crippen LogP contribution in [0.1, 0.15) is 45.2 Å². The number of nitrogens with one attached hydrogen (secondary N) is 1. The number of carbonyl (C=O) groups excluding carboxylic acids is 2. The minimum atomic E-state index is -0.368. The van der Waals surface area contributed by atoms with Gasteiger partial charge in [0.1, 0.15) is 18.0 Å². The molecule has 7 heteroatoms. The molecule has 2 aromatic rings. The lowest BCUT2D eigenvalue weighted by atomic mass is 9.57. The number of aromatic nitrogens is 1. The molecule has 2 saturated carbocycles. The summed E-state index contributed by atoms with van der Waals surface area (Å²) in [5.41, 5.74) is 2.47. The molecule has 1 amide bonds. The number of hydrogen-bond donors (Lipinski definition) is 1. The van der Waals surface area contributed by atoms with Crippen molar-refractivity contribution >= 4 is 18.1 Å². The number of alkyl carbamates (subject to hydrolysis) is 1. The molecule has 1 aliphatic heterocycles. The predicted octanol–water partition coefficient (Wildman–Crippen LogP) is 5.63. The van der Waals surface area contributed by atoms with Crippen molar-refractivity contribution in [3.8, 4) is 11.1 Å². The smallest absolute Gasteiger partial charge is 0.407 e. The first-order valence-electron chi connectivity index (χ1n) is 13.0. The fourth-order valence-corrected chi connectivity index (χ4v) is 6.57. The molecule has 3 aliphatic rings. The maximum absolute atomic E-state index is 13.6. The van der Waals surface area contributed by atoms with Crippen LogP contribution in [0.25, 0.3) is 17.2 Å². The Morgan fingerprint density at radius 2 is 2.08 bits per heavy atom. The van der Waals surface area contributed by atoms with Crippen molar-refractivity contribution in [3.63, 3.8) is 0 Å². The Morgan fingerprint density at radius 3 is 2.83 bits per heavy atom. The molecule has 0 unspecified atom stereocenters. The Morgan fingerprint density at radius 1 is 1.22 bits per heavy atom. The zero-order valence-corrected chi connectivity index (χ0v) is 20.7. The van der Waals surface area contributed by atoms with E-state index in [9.17, 15) is 14.0 Å². The Balaban J connectivity index is 1.34. The molecular weight excluding hydrogens is 459 g/mol. The Hall–Kier alpha value is -3.22. The number of hydrogen-bond acceptors (Lipinski definition) is 5. The summed E-state index contributed by atoms with van der Waals surface area (Å²) in [5.74, 6) is 0.533. The highest BCUT2D eigenvalue weighted by molar-refractivity contribution is 5.75. The minimum absolute atomic E-state index is 0.103. The van der Waals surface area contributed by atoms with Crippen molar-refractivity contribution in [2.45, 2.75) is 51.7 Å². The van der Waals surface area contributed by atoms with Gasteiger partial charge in [0.25, 0.3) is 0 Å². The molecule has 2 heterocycles. The highest BCUT2D eigenvalue weighted by atomic mass is 19.1. The number of amides is 1. The van der Waals surface area contributed by atoms with E-state index in [0.717, 1.165) is 42.5 Å². The molecule has 3 fully saturated rings. The van der Waals surface area contributed by atoms with E-state index >= 15 is 0 Å². The second-order valence-electron chi connectivity index (χ2n) is 10.3. The topological polar surface area (TPSA) is 77.5 Å². The fourth-order valence-electron chi connectivity index (χ4n) is 6.57. The van der Waals surface area contributed by atoms with Crippen LogP contribution in [-0.4, -0.2) is 35.8 Å². The fraction of sp³-hybridized carbons (Fsp3) is 0.483. The summed E-state index contributed by atoms with van der Waals surface area (Å²) in [6.07, 6.45) is 8.73. The SMILES string of the molecule is CCNC(=O)O[C@@H]1CC[C@@H]2[C@@H](C1)C[C@H]1C(=O)O[C@H](C)[C@H]1[C@H]2C=Cc1ccc(-c2cccc(F)c2)cn1. The average molecular weight is 493 g/mol. The van der Waals surface area contributed by atoms with Gasteiger partial charge >= 0.3 is 12.1 Å². The molecule has 0 radical (unpaired) electrons. The number of carbonyl (C=O) groups is 2. The largest absolute Gasteiger partial charge is 0.462 e. The van der Waals surface area contributed by atoms with E-state index in [0.29, 0.717) is 18.4 Å². The first kappa shape index (κ1) is 24.5. The molecule has 36 heavy (non-hydrogen) atoms. The van der Waals surface area contributed by atoms with Gasteiger partial charge in [-0.1, -0.05) is 24.3 Å². The molecule has 6 nitrogen and oxygen atoms in total. The second-order valence-corrected chi connectivity index (χ2v) is 10.3. The number of allylic oxidation sites excluding steroid dienone is 1. The molecule has 1 N–H and O–H groups in total. The van der Waals surface area contributed by atoms with E-state index in [1.165, 1.54) is 12.1 Å². The number of halogens is 1. The monoisotopic (exact) mass is 492 g/mol. The normalized spacial score (nSPS) is 31.4. The van der Waals surface area contributed by atoms with E-state index in [4.69, 9.17) is 9.47 Å². The third-order valence-corrected chi connectivity index (χ3v) is 8.13. The van der Waals surface area contributed by atoms with Crippen LogP contribution in [0, 0.1) is 35.4 Å². The van der Waals surface area contributed by atoms with Crippen molar-refractivity contribution in [2.75, 3.05) is 6.54 Å². The third kappa shape index (κ3) is 5.01. The number of cyclic esters (lactones) is 1. The quantitative estimate of drug-likeness (QED) is 0.548. The zero-order valence-electron chi connectivity index (χ0n) is 20.7. The minimum Gasteiger partial charge on any atom is -0.462 e. The molecule has 190 valence electrons. The van der Waals surface area contributed by atoms with Crippen LogP contribution < -0.4 is 5.32 Å². The maximum atomic E-state index is 13.6. The number of nitrogens with zero attached hydrogens (tertiary/aromatic N) is 1. The second kappa shape index (κ2) is 10.4. The van der Waals surface area contributed by atoms with Gasteiger partial charge in [-0.15, -0.1) is 0 Å². The Bertz CT molecular complexity index is 1130. The summed E-state index contributed by atoms with van der Waals surface area (Å²) in [4.78, 5) is 29.2. The van der Waals surface area contributed by atoms with Crippen LogP contribution in [0.5, 0.6) is 0 Å². The molecule has 1 aromatic heterocycles. The van der Waals surface area contributed by atoms with E-state index in [2.05, 4.69) is 16.4 Å². The van der Waals surface area contributed by atoms with Gasteiger partial charge in [0.15, 0.2) is 0 Å². The summed E-state index contributed by atoms with van der Waals surface area (Å²) in [7, 11) is 0. The summed E-state index contributed by atoms with van der Waals surface area (Å²) < 4.78 is 24.9. The van der Waals surface area contributed by atoms with Crippen molar-refractivity contribution in [1.82, 2.24) is 10.3 Å². The van der Waals surface area contributed by atoms with Crippen LogP contribution in [0.15, 0.2) is 48.7 Å². The first-order chi connectivity index (χ1) is 17.4. The molecule has 1 saturated heterocycles. The average Bonchev–Trinajstić information content (AvgIpc) is 3.15. The summed E-state index contributed by atoms with van der Waals surface area (Å²) in [6.45, 7) is 4.40. The van der Waals surface area contributed by atoms with Gasteiger partial charge < -0.3 is 14.8 Å². The highest BCUT2D eigenvalue weighted by Gasteiger charge is 2.54. The molecule has 2 aliphatic carbocycles. The van der Waals surface area contributed by atoms with Gasteiger partial charge in [0.2, 0.25) is 0 Å². The van der Waals surface area contributed by atoms with Gasteiger partial charge in [-0.3, -0.25) is 9.78 Å². The van der Waals surface area contributed by atoms with Gasteiger partial charge in [0, 0.05) is 24.2 Å². The first-order valence-corrected chi connectivity index (χ1v) is 13.0. The maximum Gasteiger partial charge on any atom is 0.407 e. The standard InChI is InChI=1S/C29H33FN2O4/c1-3-31-29(34)36-23-10-12-24-20(14-23)15-26-27(17(2)35-28(26)33)25(24)11-9-22-8-7-19(16-32-22)18-5-4-6-21(30)13-18/h4-9,11,13,16-17,20,23-27H,3,10,12,14-15H2,1-2H3,(H,31,34)/t17-,20+,23-,24-,25+,26-,27+/m1/s1. The van der Waals surface area contributed by atoms with Gasteiger partial charge in [-0.2, -0.15) is 0 Å². The molecule has 5 rings (SSSR count). The number of benzene rings is 1. The van der Waals surface area contributed by atoms with Crippen molar-refractivity contribution < 1.29 is 23.5 Å². The summed E-state index contributed by atoms with van der Waals surface area (Å²) >= 11 is 0. The van der Waals surface area contributed by atoms with Crippen LogP contribution in [0.2, 0.25) is 0 Å². The van der Waals surface area contributed by atoms with Crippen molar-refractivity contribution in [3.05, 3.63) is 60.2 Å². The van der Waals surface area contributed by atoms with Gasteiger partial charge in [0.05, 0.1) is 11.6 Å². The van der Waals surface area contributed by atoms with Crippen molar-refractivity contribution in [1.29, 1.82) is 0 Å². The van der Waals surface area contributed by atoms with Crippen LogP contribution in [0.4, 0.5) is 9.18 Å². The summed E-state index contributed by atoms with van der Waals surface area (Å²) in [5, 5.41) is 2.71. The van der Waals surface area contributed by atoms with E-state index in [1.54, 1.807) is 12.3 Å². The summed E-state index contributed by atoms with van der Waals surface area (Å²) in [6, 6.07) is 10.4. The van der Waals surface area contributed by atoms with Gasteiger partial charge in [-0.05, 0) is 87.1 Å². The Kier molecular flexibility index (Phi) is 7.08. The lowest BCUT2D eigenvalue weighted by Crippen LogP contribution is -2.45. The molecular formula is C29H33FN2O4. The molecule has 0 spiro atoms. The molecule has 7 atom stereocenters. The number of ether oxygens (including phenoxy) is 2. The predicted molar refractivity (Wildman–Crippen MR) is 134 cm³/mol. The van der Waals surface area contributed by atoms with Crippen LogP contribution >= 0.6 is 0 Å². The van der Waals surface area contributed by atoms with Gasteiger partial charge in [-0.25, -0.2) is 9.18 Å². The van der Waals surface area contributed by atoms with Crippen LogP contribution in [-0.2, 0) is 14.3 Å². The van der Waals surface area contributed by atoms with Crippen LogP contribution in [0.3, 0.4) is 0 Å². The van der Waals surface area contributed by atoms with E-state index < -0.39 is 0 Å². The number of rotatable bonds is 5. The van der Waals surface area contributed by atoms with E-state index in [1.807, 2.05) is 38.1 Å². The highest BCUT2D eigenvalue weighted by Crippen LogP contribution is 2.53.